The number of benzene rings is 2. The zero-order chi connectivity index (χ0) is 18.4. The molecule has 7 heteroatoms. The summed E-state index contributed by atoms with van der Waals surface area (Å²) in [5.41, 5.74) is 0.628. The smallest absolute Gasteiger partial charge is 0.260 e. The summed E-state index contributed by atoms with van der Waals surface area (Å²) in [7, 11) is 0. The van der Waals surface area contributed by atoms with E-state index in [1.165, 1.54) is 18.2 Å². The Hall–Kier alpha value is -2.51. The zero-order valence-electron chi connectivity index (χ0n) is 14.0. The van der Waals surface area contributed by atoms with Crippen molar-refractivity contribution in [2.75, 3.05) is 18.5 Å². The summed E-state index contributed by atoms with van der Waals surface area (Å²) in [5.74, 6) is -0.468. The largest absolute Gasteiger partial charge is 0.491 e. The minimum Gasteiger partial charge on any atom is -0.491 e. The van der Waals surface area contributed by atoms with Crippen LogP contribution in [0.5, 0.6) is 5.75 Å². The lowest BCUT2D eigenvalue weighted by molar-refractivity contribution is 0.0679. The summed E-state index contributed by atoms with van der Waals surface area (Å²) in [4.78, 5) is 12.0. The van der Waals surface area contributed by atoms with Crippen LogP contribution >= 0.6 is 12.2 Å². The Morgan fingerprint density at radius 1 is 1.23 bits per heavy atom. The van der Waals surface area contributed by atoms with Crippen molar-refractivity contribution in [3.05, 3.63) is 59.9 Å². The average Bonchev–Trinajstić information content (AvgIpc) is 3.15. The highest BCUT2D eigenvalue weighted by Crippen LogP contribution is 2.18. The van der Waals surface area contributed by atoms with Gasteiger partial charge in [-0.3, -0.25) is 10.1 Å². The molecular weight excluding hydrogens is 355 g/mol. The van der Waals surface area contributed by atoms with Crippen LogP contribution in [0.25, 0.3) is 0 Å². The van der Waals surface area contributed by atoms with Gasteiger partial charge >= 0.3 is 0 Å². The van der Waals surface area contributed by atoms with Gasteiger partial charge in [0.15, 0.2) is 5.11 Å². The van der Waals surface area contributed by atoms with Crippen LogP contribution < -0.4 is 15.4 Å². The fraction of sp³-hybridized carbons (Fsp3) is 0.263. The number of nitrogens with one attached hydrogen (secondary N) is 2. The highest BCUT2D eigenvalue weighted by molar-refractivity contribution is 7.80. The maximum Gasteiger partial charge on any atom is 0.260 e. The van der Waals surface area contributed by atoms with Crippen molar-refractivity contribution >= 4 is 28.9 Å². The Kier molecular flexibility index (Phi) is 6.14. The van der Waals surface area contributed by atoms with Crippen molar-refractivity contribution < 1.29 is 18.7 Å². The first-order chi connectivity index (χ1) is 12.6. The summed E-state index contributed by atoms with van der Waals surface area (Å²) in [6.07, 6.45) is 2.26. The van der Waals surface area contributed by atoms with Gasteiger partial charge in [0.05, 0.1) is 11.7 Å². The SMILES string of the molecule is O=C(NC(=S)Nc1ccc(OC[C@@H]2CCCO2)cc1)c1ccccc1F. The number of amides is 1. The minimum absolute atomic E-state index is 0.0606. The molecule has 2 aromatic rings. The fourth-order valence-corrected chi connectivity index (χ4v) is 2.79. The normalized spacial score (nSPS) is 16.1. The number of ether oxygens (including phenoxy) is 2. The first-order valence-corrected chi connectivity index (χ1v) is 8.74. The van der Waals surface area contributed by atoms with Gasteiger partial charge in [0, 0.05) is 12.3 Å². The van der Waals surface area contributed by atoms with Crippen LogP contribution in [-0.2, 0) is 4.74 Å². The van der Waals surface area contributed by atoms with E-state index < -0.39 is 11.7 Å². The number of hydrogen-bond donors (Lipinski definition) is 2. The van der Waals surface area contributed by atoms with Gasteiger partial charge in [0.2, 0.25) is 0 Å². The van der Waals surface area contributed by atoms with E-state index in [9.17, 15) is 9.18 Å². The van der Waals surface area contributed by atoms with E-state index in [0.29, 0.717) is 12.3 Å². The lowest BCUT2D eigenvalue weighted by Crippen LogP contribution is -2.34. The first-order valence-electron chi connectivity index (χ1n) is 8.33. The molecule has 3 rings (SSSR count). The minimum atomic E-state index is -0.600. The maximum absolute atomic E-state index is 13.6. The van der Waals surface area contributed by atoms with Gasteiger partial charge in [-0.05, 0) is 61.5 Å². The van der Waals surface area contributed by atoms with Gasteiger partial charge in [-0.2, -0.15) is 0 Å². The summed E-state index contributed by atoms with van der Waals surface area (Å²) in [6.45, 7) is 1.33. The summed E-state index contributed by atoms with van der Waals surface area (Å²) in [6, 6.07) is 12.9. The molecule has 0 aliphatic carbocycles. The van der Waals surface area contributed by atoms with Crippen LogP contribution in [0.1, 0.15) is 23.2 Å². The van der Waals surface area contributed by atoms with Crippen LogP contribution in [0.2, 0.25) is 0 Å². The molecule has 0 spiro atoms. The second-order valence-electron chi connectivity index (χ2n) is 5.86. The van der Waals surface area contributed by atoms with Crippen molar-refractivity contribution in [3.63, 3.8) is 0 Å². The van der Waals surface area contributed by atoms with E-state index in [1.54, 1.807) is 30.3 Å². The molecule has 26 heavy (non-hydrogen) atoms. The van der Waals surface area contributed by atoms with Crippen LogP contribution in [0, 0.1) is 5.82 Å². The molecule has 0 unspecified atom stereocenters. The molecule has 1 aliphatic heterocycles. The van der Waals surface area contributed by atoms with Crippen LogP contribution in [0.15, 0.2) is 48.5 Å². The molecule has 0 saturated carbocycles. The molecule has 1 saturated heterocycles. The van der Waals surface area contributed by atoms with E-state index >= 15 is 0 Å². The first kappa shape index (κ1) is 18.3. The van der Waals surface area contributed by atoms with E-state index in [4.69, 9.17) is 21.7 Å². The number of anilines is 1. The van der Waals surface area contributed by atoms with Crippen molar-refractivity contribution in [2.24, 2.45) is 0 Å². The van der Waals surface area contributed by atoms with E-state index in [1.807, 2.05) is 0 Å². The Morgan fingerprint density at radius 2 is 2.00 bits per heavy atom. The second-order valence-corrected chi connectivity index (χ2v) is 6.27. The summed E-state index contributed by atoms with van der Waals surface area (Å²) < 4.78 is 24.8. The Balaban J connectivity index is 1.49. The lowest BCUT2D eigenvalue weighted by Gasteiger charge is -2.13. The third kappa shape index (κ3) is 5.00. The number of rotatable bonds is 5. The molecular formula is C19H19FN2O3S. The van der Waals surface area contributed by atoms with Crippen LogP contribution in [0.3, 0.4) is 0 Å². The molecule has 0 radical (unpaired) electrons. The Morgan fingerprint density at radius 3 is 2.69 bits per heavy atom. The van der Waals surface area contributed by atoms with Crippen molar-refractivity contribution in [1.29, 1.82) is 0 Å². The highest BCUT2D eigenvalue weighted by Gasteiger charge is 2.16. The molecule has 5 nitrogen and oxygen atoms in total. The van der Waals surface area contributed by atoms with E-state index in [2.05, 4.69) is 10.6 Å². The zero-order valence-corrected chi connectivity index (χ0v) is 14.9. The molecule has 1 atom stereocenters. The lowest BCUT2D eigenvalue weighted by atomic mass is 10.2. The number of thiocarbonyl (C=S) groups is 1. The van der Waals surface area contributed by atoms with E-state index in [0.717, 1.165) is 25.2 Å². The molecule has 136 valence electrons. The molecule has 2 N–H and O–H groups in total. The predicted molar refractivity (Wildman–Crippen MR) is 101 cm³/mol. The molecule has 1 heterocycles. The molecule has 0 bridgehead atoms. The maximum atomic E-state index is 13.6. The molecule has 1 fully saturated rings. The molecule has 2 aromatic carbocycles. The quantitative estimate of drug-likeness (QED) is 0.785. The topological polar surface area (TPSA) is 59.6 Å². The highest BCUT2D eigenvalue weighted by atomic mass is 32.1. The monoisotopic (exact) mass is 374 g/mol. The number of halogens is 1. The fourth-order valence-electron chi connectivity index (χ4n) is 2.58. The van der Waals surface area contributed by atoms with Crippen LogP contribution in [-0.4, -0.2) is 30.3 Å². The second kappa shape index (κ2) is 8.73. The number of carbonyl (C=O) groups excluding carboxylic acids is 1. The standard InChI is InChI=1S/C19H19FN2O3S/c20-17-6-2-1-5-16(17)18(23)22-19(26)21-13-7-9-14(10-8-13)25-12-15-4-3-11-24-15/h1-2,5-10,15H,3-4,11-12H2,(H2,21,22,23,26)/t15-/m0/s1. The van der Waals surface area contributed by atoms with Gasteiger partial charge in [-0.1, -0.05) is 12.1 Å². The summed E-state index contributed by atoms with van der Waals surface area (Å²) in [5, 5.41) is 5.43. The number of carbonyl (C=O) groups is 1. The average molecular weight is 374 g/mol. The number of hydrogen-bond acceptors (Lipinski definition) is 4. The van der Waals surface area contributed by atoms with Crippen LogP contribution in [0.4, 0.5) is 10.1 Å². The summed E-state index contributed by atoms with van der Waals surface area (Å²) >= 11 is 5.10. The third-order valence-corrected chi connectivity index (χ3v) is 4.12. The van der Waals surface area contributed by atoms with Crippen molar-refractivity contribution in [2.45, 2.75) is 18.9 Å². The van der Waals surface area contributed by atoms with Gasteiger partial charge in [-0.25, -0.2) is 4.39 Å². The van der Waals surface area contributed by atoms with Gasteiger partial charge in [-0.15, -0.1) is 0 Å². The van der Waals surface area contributed by atoms with E-state index in [-0.39, 0.29) is 16.8 Å². The van der Waals surface area contributed by atoms with Gasteiger partial charge in [0.1, 0.15) is 18.2 Å². The van der Waals surface area contributed by atoms with Crippen molar-refractivity contribution in [1.82, 2.24) is 5.32 Å². The molecule has 0 aromatic heterocycles. The Labute approximate surface area is 156 Å². The van der Waals surface area contributed by atoms with Crippen molar-refractivity contribution in [3.8, 4) is 5.75 Å². The Bertz CT molecular complexity index is 777. The predicted octanol–water partition coefficient (Wildman–Crippen LogP) is 3.51. The van der Waals surface area contributed by atoms with Gasteiger partial charge < -0.3 is 14.8 Å². The molecule has 1 aliphatic rings. The van der Waals surface area contributed by atoms with Gasteiger partial charge in [0.25, 0.3) is 5.91 Å². The third-order valence-electron chi connectivity index (χ3n) is 3.92. The molecule has 1 amide bonds.